The molecule has 2 fully saturated rings. The minimum Gasteiger partial charge on any atom is -0.484 e. The topological polar surface area (TPSA) is 49.9 Å². The van der Waals surface area contributed by atoms with Crippen molar-refractivity contribution in [2.45, 2.75) is 19.3 Å². The predicted octanol–water partition coefficient (Wildman–Crippen LogP) is 2.19. The Kier molecular flexibility index (Phi) is 4.48. The molecule has 23 heavy (non-hydrogen) atoms. The summed E-state index contributed by atoms with van der Waals surface area (Å²) in [6, 6.07) is 6.99. The van der Waals surface area contributed by atoms with E-state index in [-0.39, 0.29) is 23.8 Å². The average Bonchev–Trinajstić information content (AvgIpc) is 2.96. The fourth-order valence-electron chi connectivity index (χ4n) is 3.53. The zero-order valence-corrected chi connectivity index (χ0v) is 14.0. The maximum absolute atomic E-state index is 12.5. The normalized spacial score (nSPS) is 24.3. The molecule has 1 spiro atoms. The van der Waals surface area contributed by atoms with Crippen LogP contribution in [0.25, 0.3) is 0 Å². The van der Waals surface area contributed by atoms with Gasteiger partial charge < -0.3 is 14.5 Å². The summed E-state index contributed by atoms with van der Waals surface area (Å²) in [5, 5.41) is 0.575. The molecule has 2 aliphatic heterocycles. The second kappa shape index (κ2) is 6.40. The molecule has 2 amide bonds. The van der Waals surface area contributed by atoms with Gasteiger partial charge in [0, 0.05) is 31.7 Å². The van der Waals surface area contributed by atoms with Gasteiger partial charge in [0.05, 0.1) is 5.41 Å². The third-order valence-electron chi connectivity index (χ3n) is 4.81. The highest BCUT2D eigenvalue weighted by molar-refractivity contribution is 6.30. The Morgan fingerprint density at radius 1 is 1.35 bits per heavy atom. The van der Waals surface area contributed by atoms with Crippen LogP contribution < -0.4 is 4.74 Å². The van der Waals surface area contributed by atoms with Crippen molar-refractivity contribution in [2.75, 3.05) is 33.3 Å². The lowest BCUT2D eigenvalue weighted by Crippen LogP contribution is -2.48. The monoisotopic (exact) mass is 336 g/mol. The van der Waals surface area contributed by atoms with Crippen molar-refractivity contribution in [3.63, 3.8) is 0 Å². The highest BCUT2D eigenvalue weighted by Gasteiger charge is 2.48. The van der Waals surface area contributed by atoms with Crippen molar-refractivity contribution in [1.29, 1.82) is 0 Å². The van der Waals surface area contributed by atoms with E-state index >= 15 is 0 Å². The van der Waals surface area contributed by atoms with Gasteiger partial charge in [-0.15, -0.1) is 0 Å². The zero-order chi connectivity index (χ0) is 16.4. The van der Waals surface area contributed by atoms with Gasteiger partial charge >= 0.3 is 0 Å². The van der Waals surface area contributed by atoms with Gasteiger partial charge in [-0.2, -0.15) is 0 Å². The number of carbonyl (C=O) groups is 2. The second-order valence-electron chi connectivity index (χ2n) is 6.42. The number of halogens is 1. The third kappa shape index (κ3) is 3.29. The first-order valence-corrected chi connectivity index (χ1v) is 8.30. The van der Waals surface area contributed by atoms with Crippen LogP contribution in [0.15, 0.2) is 24.3 Å². The Morgan fingerprint density at radius 2 is 2.17 bits per heavy atom. The summed E-state index contributed by atoms with van der Waals surface area (Å²) in [5.41, 5.74) is -0.376. The van der Waals surface area contributed by atoms with Crippen LogP contribution in [-0.4, -0.2) is 54.9 Å². The molecule has 2 saturated heterocycles. The molecule has 0 aliphatic carbocycles. The van der Waals surface area contributed by atoms with Crippen LogP contribution in [0.3, 0.4) is 0 Å². The van der Waals surface area contributed by atoms with Gasteiger partial charge in [-0.25, -0.2) is 0 Å². The Hall–Kier alpha value is -1.75. The highest BCUT2D eigenvalue weighted by atomic mass is 35.5. The lowest BCUT2D eigenvalue weighted by atomic mass is 9.78. The summed E-state index contributed by atoms with van der Waals surface area (Å²) >= 11 is 5.90. The van der Waals surface area contributed by atoms with E-state index in [9.17, 15) is 9.59 Å². The second-order valence-corrected chi connectivity index (χ2v) is 6.86. The van der Waals surface area contributed by atoms with E-state index in [2.05, 4.69) is 0 Å². The van der Waals surface area contributed by atoms with Crippen LogP contribution in [0.4, 0.5) is 0 Å². The van der Waals surface area contributed by atoms with Crippen LogP contribution in [0.2, 0.25) is 5.02 Å². The molecule has 1 aromatic carbocycles. The highest BCUT2D eigenvalue weighted by Crippen LogP contribution is 2.39. The van der Waals surface area contributed by atoms with E-state index in [0.29, 0.717) is 23.9 Å². The maximum Gasteiger partial charge on any atom is 0.260 e. The molecule has 124 valence electrons. The molecule has 6 heteroatoms. The SMILES string of the molecule is CN1CCCC2(CCN(C(=O)COc3cccc(Cl)c3)C2)C1=O. The van der Waals surface area contributed by atoms with Crippen LogP contribution in [-0.2, 0) is 9.59 Å². The van der Waals surface area contributed by atoms with E-state index in [0.717, 1.165) is 25.8 Å². The van der Waals surface area contributed by atoms with Gasteiger partial charge in [0.25, 0.3) is 5.91 Å². The maximum atomic E-state index is 12.5. The Labute approximate surface area is 141 Å². The fraction of sp³-hybridized carbons (Fsp3) is 0.529. The minimum atomic E-state index is -0.376. The van der Waals surface area contributed by atoms with E-state index < -0.39 is 0 Å². The number of benzene rings is 1. The number of amides is 2. The predicted molar refractivity (Wildman–Crippen MR) is 87.4 cm³/mol. The summed E-state index contributed by atoms with van der Waals surface area (Å²) in [5.74, 6) is 0.672. The van der Waals surface area contributed by atoms with Crippen LogP contribution >= 0.6 is 11.6 Å². The molecule has 5 nitrogen and oxygen atoms in total. The van der Waals surface area contributed by atoms with E-state index in [1.807, 2.05) is 7.05 Å². The molecular formula is C17H21ClN2O3. The third-order valence-corrected chi connectivity index (χ3v) is 5.05. The van der Waals surface area contributed by atoms with Gasteiger partial charge in [0.15, 0.2) is 6.61 Å². The molecule has 3 rings (SSSR count). The molecule has 0 bridgehead atoms. The summed E-state index contributed by atoms with van der Waals surface area (Å²) < 4.78 is 5.51. The molecule has 2 aliphatic rings. The molecule has 0 radical (unpaired) electrons. The van der Waals surface area contributed by atoms with Crippen molar-refractivity contribution in [3.8, 4) is 5.75 Å². The number of likely N-dealkylation sites (tertiary alicyclic amines) is 2. The molecule has 0 aromatic heterocycles. The van der Waals surface area contributed by atoms with Crippen LogP contribution in [0.1, 0.15) is 19.3 Å². The smallest absolute Gasteiger partial charge is 0.260 e. The van der Waals surface area contributed by atoms with Gasteiger partial charge in [0.2, 0.25) is 5.91 Å². The number of ether oxygens (including phenoxy) is 1. The standard InChI is InChI=1S/C17H21ClN2O3/c1-19-8-3-6-17(16(19)22)7-9-20(12-17)15(21)11-23-14-5-2-4-13(18)10-14/h2,4-5,10H,3,6-9,11-12H2,1H3. The largest absolute Gasteiger partial charge is 0.484 e. The van der Waals surface area contributed by atoms with Crippen molar-refractivity contribution in [3.05, 3.63) is 29.3 Å². The molecule has 1 aromatic rings. The number of rotatable bonds is 3. The van der Waals surface area contributed by atoms with Crippen LogP contribution in [0.5, 0.6) is 5.75 Å². The number of nitrogens with zero attached hydrogens (tertiary/aromatic N) is 2. The van der Waals surface area contributed by atoms with Crippen LogP contribution in [0, 0.1) is 5.41 Å². The molecule has 0 saturated carbocycles. The average molecular weight is 337 g/mol. The molecule has 2 heterocycles. The first-order valence-electron chi connectivity index (χ1n) is 7.92. The summed E-state index contributed by atoms with van der Waals surface area (Å²) in [6.45, 7) is 1.91. The van der Waals surface area contributed by atoms with Crippen molar-refractivity contribution in [1.82, 2.24) is 9.80 Å². The fourth-order valence-corrected chi connectivity index (χ4v) is 3.71. The summed E-state index contributed by atoms with van der Waals surface area (Å²) in [6.07, 6.45) is 2.62. The number of hydrogen-bond acceptors (Lipinski definition) is 3. The number of piperidine rings is 1. The Bertz CT molecular complexity index is 622. The quantitative estimate of drug-likeness (QED) is 0.850. The van der Waals surface area contributed by atoms with E-state index in [1.165, 1.54) is 0 Å². The van der Waals surface area contributed by atoms with Crippen molar-refractivity contribution < 1.29 is 14.3 Å². The summed E-state index contributed by atoms with van der Waals surface area (Å²) in [4.78, 5) is 28.4. The lowest BCUT2D eigenvalue weighted by molar-refractivity contribution is -0.144. The van der Waals surface area contributed by atoms with Crippen molar-refractivity contribution >= 4 is 23.4 Å². The minimum absolute atomic E-state index is 0.0273. The van der Waals surface area contributed by atoms with E-state index in [4.69, 9.17) is 16.3 Å². The number of hydrogen-bond donors (Lipinski definition) is 0. The van der Waals surface area contributed by atoms with Gasteiger partial charge in [0.1, 0.15) is 5.75 Å². The van der Waals surface area contributed by atoms with Gasteiger partial charge in [-0.3, -0.25) is 9.59 Å². The van der Waals surface area contributed by atoms with Crippen molar-refractivity contribution in [2.24, 2.45) is 5.41 Å². The Morgan fingerprint density at radius 3 is 2.96 bits per heavy atom. The Balaban J connectivity index is 1.58. The molecule has 1 atom stereocenters. The first-order chi connectivity index (χ1) is 11.0. The molecule has 1 unspecified atom stereocenters. The van der Waals surface area contributed by atoms with Gasteiger partial charge in [-0.05, 0) is 37.5 Å². The number of carbonyl (C=O) groups excluding carboxylic acids is 2. The zero-order valence-electron chi connectivity index (χ0n) is 13.3. The van der Waals surface area contributed by atoms with Gasteiger partial charge in [-0.1, -0.05) is 17.7 Å². The lowest BCUT2D eigenvalue weighted by Gasteiger charge is -2.37. The first kappa shape index (κ1) is 16.1. The van der Waals surface area contributed by atoms with E-state index in [1.54, 1.807) is 34.1 Å². The molecule has 0 N–H and O–H groups in total. The molecular weight excluding hydrogens is 316 g/mol. The summed E-state index contributed by atoms with van der Waals surface area (Å²) in [7, 11) is 1.84.